The number of para-hydroxylation sites is 1. The maximum Gasteiger partial charge on any atom is 0.255 e. The van der Waals surface area contributed by atoms with E-state index in [-0.39, 0.29) is 24.4 Å². The molecule has 1 N–H and O–H groups in total. The third kappa shape index (κ3) is 3.70. The van der Waals surface area contributed by atoms with Gasteiger partial charge in [0.2, 0.25) is 0 Å². The van der Waals surface area contributed by atoms with Gasteiger partial charge in [-0.2, -0.15) is 0 Å². The van der Waals surface area contributed by atoms with Crippen molar-refractivity contribution in [3.63, 3.8) is 0 Å². The highest BCUT2D eigenvalue weighted by Crippen LogP contribution is 2.36. The molecule has 1 aliphatic carbocycles. The molecule has 4 rings (SSSR count). The van der Waals surface area contributed by atoms with Crippen molar-refractivity contribution in [2.75, 3.05) is 14.1 Å². The lowest BCUT2D eigenvalue weighted by Gasteiger charge is -2.35. The number of benzene rings is 1. The van der Waals surface area contributed by atoms with E-state index >= 15 is 0 Å². The normalized spacial score (nSPS) is 19.0. The summed E-state index contributed by atoms with van der Waals surface area (Å²) in [5.41, 5.74) is 1.33. The predicted molar refractivity (Wildman–Crippen MR) is 105 cm³/mol. The number of nitrogens with one attached hydrogen (secondary N) is 1. The fourth-order valence-corrected chi connectivity index (χ4v) is 3.51. The summed E-state index contributed by atoms with van der Waals surface area (Å²) in [7, 11) is 6.04. The van der Waals surface area contributed by atoms with Gasteiger partial charge in [-0.1, -0.05) is 18.2 Å². The Kier molecular flexibility index (Phi) is 5.53. The molecular formula is C19H24ClN5O2. The average Bonchev–Trinajstić information content (AvgIpc) is 3.15. The fourth-order valence-electron chi connectivity index (χ4n) is 3.51. The molecule has 0 radical (unpaired) electrons. The summed E-state index contributed by atoms with van der Waals surface area (Å²) < 4.78 is 7.53. The summed E-state index contributed by atoms with van der Waals surface area (Å²) in [6, 6.07) is 7.74. The Balaban J connectivity index is 0.00000210. The Hall–Kier alpha value is -2.38. The van der Waals surface area contributed by atoms with Crippen LogP contribution in [0.1, 0.15) is 40.8 Å². The Morgan fingerprint density at radius 3 is 2.78 bits per heavy atom. The number of furan rings is 1. The number of carbonyl (C=O) groups excluding carboxylic acids is 1. The molecule has 0 aliphatic heterocycles. The molecule has 27 heavy (non-hydrogen) atoms. The molecule has 2 heterocycles. The Morgan fingerprint density at radius 2 is 2.04 bits per heavy atom. The zero-order valence-corrected chi connectivity index (χ0v) is 16.5. The second kappa shape index (κ2) is 7.70. The molecule has 144 valence electrons. The first-order chi connectivity index (χ1) is 12.5. The maximum absolute atomic E-state index is 12.5. The van der Waals surface area contributed by atoms with Gasteiger partial charge in [-0.15, -0.1) is 22.6 Å². The van der Waals surface area contributed by atoms with Gasteiger partial charge in [-0.05, 0) is 33.0 Å². The van der Waals surface area contributed by atoms with E-state index < -0.39 is 0 Å². The number of rotatable bonds is 5. The smallest absolute Gasteiger partial charge is 0.255 e. The number of hydrogen-bond acceptors (Lipinski definition) is 5. The van der Waals surface area contributed by atoms with Crippen molar-refractivity contribution in [2.24, 2.45) is 7.05 Å². The van der Waals surface area contributed by atoms with Crippen LogP contribution in [0.3, 0.4) is 0 Å². The Morgan fingerprint density at radius 1 is 1.30 bits per heavy atom. The van der Waals surface area contributed by atoms with Crippen LogP contribution in [0, 0.1) is 0 Å². The summed E-state index contributed by atoms with van der Waals surface area (Å²) in [5, 5.41) is 12.6. The SMILES string of the molecule is CN(C)Cc1nnc(C2CC(NC(=O)c3coc4ccccc34)C2)n1C.Cl. The highest BCUT2D eigenvalue weighted by Gasteiger charge is 2.35. The molecule has 0 saturated heterocycles. The minimum absolute atomic E-state index is 0. The van der Waals surface area contributed by atoms with Gasteiger partial charge in [0.1, 0.15) is 23.5 Å². The van der Waals surface area contributed by atoms with E-state index in [2.05, 4.69) is 25.0 Å². The summed E-state index contributed by atoms with van der Waals surface area (Å²) in [4.78, 5) is 14.6. The van der Waals surface area contributed by atoms with Crippen molar-refractivity contribution in [3.8, 4) is 0 Å². The van der Waals surface area contributed by atoms with Gasteiger partial charge in [-0.25, -0.2) is 0 Å². The molecule has 1 aromatic carbocycles. The van der Waals surface area contributed by atoms with Gasteiger partial charge >= 0.3 is 0 Å². The van der Waals surface area contributed by atoms with Crippen LogP contribution in [0.25, 0.3) is 11.0 Å². The van der Waals surface area contributed by atoms with Crippen LogP contribution in [0.4, 0.5) is 0 Å². The third-order valence-electron chi connectivity index (χ3n) is 5.02. The van der Waals surface area contributed by atoms with Crippen LogP contribution < -0.4 is 5.32 Å². The lowest BCUT2D eigenvalue weighted by molar-refractivity contribution is 0.0907. The zero-order valence-electron chi connectivity index (χ0n) is 15.7. The van der Waals surface area contributed by atoms with Crippen LogP contribution in [-0.2, 0) is 13.6 Å². The molecule has 7 nitrogen and oxygen atoms in total. The van der Waals surface area contributed by atoms with Crippen LogP contribution in [0.5, 0.6) is 0 Å². The molecule has 1 amide bonds. The van der Waals surface area contributed by atoms with Gasteiger partial charge in [0.15, 0.2) is 0 Å². The first kappa shape index (κ1) is 19.4. The van der Waals surface area contributed by atoms with Crippen molar-refractivity contribution < 1.29 is 9.21 Å². The second-order valence-corrected chi connectivity index (χ2v) is 7.26. The molecule has 0 unspecified atom stereocenters. The molecule has 3 aromatic rings. The number of amides is 1. The minimum Gasteiger partial charge on any atom is -0.463 e. The first-order valence-corrected chi connectivity index (χ1v) is 8.83. The molecule has 1 saturated carbocycles. The molecule has 1 fully saturated rings. The molecule has 2 aromatic heterocycles. The summed E-state index contributed by atoms with van der Waals surface area (Å²) in [5.74, 6) is 2.22. The van der Waals surface area contributed by atoms with Gasteiger partial charge in [-0.3, -0.25) is 4.79 Å². The van der Waals surface area contributed by atoms with E-state index in [9.17, 15) is 4.79 Å². The first-order valence-electron chi connectivity index (χ1n) is 8.83. The quantitative estimate of drug-likeness (QED) is 0.726. The zero-order chi connectivity index (χ0) is 18.3. The van der Waals surface area contributed by atoms with Crippen LogP contribution in [0.15, 0.2) is 34.9 Å². The Labute approximate surface area is 164 Å². The maximum atomic E-state index is 12.5. The van der Waals surface area contributed by atoms with E-state index in [1.807, 2.05) is 45.4 Å². The van der Waals surface area contributed by atoms with E-state index in [4.69, 9.17) is 4.42 Å². The highest BCUT2D eigenvalue weighted by atomic mass is 35.5. The highest BCUT2D eigenvalue weighted by molar-refractivity contribution is 6.06. The van der Waals surface area contributed by atoms with Crippen molar-refractivity contribution >= 4 is 29.3 Å². The number of halogens is 1. The molecule has 1 aliphatic rings. The van der Waals surface area contributed by atoms with Gasteiger partial charge in [0.25, 0.3) is 5.91 Å². The number of nitrogens with zero attached hydrogens (tertiary/aromatic N) is 4. The molecule has 0 spiro atoms. The molecule has 0 atom stereocenters. The monoisotopic (exact) mass is 389 g/mol. The largest absolute Gasteiger partial charge is 0.463 e. The van der Waals surface area contributed by atoms with E-state index in [0.717, 1.165) is 42.0 Å². The van der Waals surface area contributed by atoms with Gasteiger partial charge < -0.3 is 19.2 Å². The number of aromatic nitrogens is 3. The van der Waals surface area contributed by atoms with Crippen LogP contribution in [-0.4, -0.2) is 45.7 Å². The topological polar surface area (TPSA) is 76.2 Å². The van der Waals surface area contributed by atoms with Gasteiger partial charge in [0.05, 0.1) is 12.1 Å². The summed E-state index contributed by atoms with van der Waals surface area (Å²) >= 11 is 0. The van der Waals surface area contributed by atoms with Crippen LogP contribution >= 0.6 is 12.4 Å². The van der Waals surface area contributed by atoms with Gasteiger partial charge in [0, 0.05) is 24.4 Å². The molecular weight excluding hydrogens is 366 g/mol. The lowest BCUT2D eigenvalue weighted by atomic mass is 9.79. The third-order valence-corrected chi connectivity index (χ3v) is 5.02. The number of fused-ring (bicyclic) bond motifs is 1. The standard InChI is InChI=1S/C19H23N5O2.ClH/c1-23(2)10-17-21-22-18(24(17)3)12-8-13(9-12)20-19(25)15-11-26-16-7-5-4-6-14(15)16;/h4-7,11-13H,8-10H2,1-3H3,(H,20,25);1H. The number of hydrogen-bond donors (Lipinski definition) is 1. The molecule has 8 heteroatoms. The average molecular weight is 390 g/mol. The van der Waals surface area contributed by atoms with E-state index in [1.165, 1.54) is 6.26 Å². The lowest BCUT2D eigenvalue weighted by Crippen LogP contribution is -2.44. The van der Waals surface area contributed by atoms with Crippen LogP contribution in [0.2, 0.25) is 0 Å². The summed E-state index contributed by atoms with van der Waals surface area (Å²) in [6.45, 7) is 0.768. The predicted octanol–water partition coefficient (Wildman–Crippen LogP) is 2.72. The van der Waals surface area contributed by atoms with Crippen molar-refractivity contribution in [1.29, 1.82) is 0 Å². The number of carbonyl (C=O) groups is 1. The second-order valence-electron chi connectivity index (χ2n) is 7.26. The van der Waals surface area contributed by atoms with Crippen molar-refractivity contribution in [2.45, 2.75) is 31.3 Å². The van der Waals surface area contributed by atoms with Crippen molar-refractivity contribution in [1.82, 2.24) is 25.0 Å². The fraction of sp³-hybridized carbons (Fsp3) is 0.421. The van der Waals surface area contributed by atoms with E-state index in [0.29, 0.717) is 11.5 Å². The summed E-state index contributed by atoms with van der Waals surface area (Å²) in [6.07, 6.45) is 3.30. The molecule has 0 bridgehead atoms. The Bertz CT molecular complexity index is 943. The van der Waals surface area contributed by atoms with Crippen molar-refractivity contribution in [3.05, 3.63) is 47.7 Å². The minimum atomic E-state index is -0.0790. The van der Waals surface area contributed by atoms with E-state index in [1.54, 1.807) is 0 Å².